The van der Waals surface area contributed by atoms with Crippen molar-refractivity contribution in [3.05, 3.63) is 12.2 Å². The van der Waals surface area contributed by atoms with Gasteiger partial charge in [-0.05, 0) is 12.8 Å². The first kappa shape index (κ1) is 11.4. The highest BCUT2D eigenvalue weighted by molar-refractivity contribution is 5.02. The maximum absolute atomic E-state index is 12.2. The minimum absolute atomic E-state index is 0.0523. The van der Waals surface area contributed by atoms with Crippen LogP contribution in [0.15, 0.2) is 12.2 Å². The third kappa shape index (κ3) is 2.42. The van der Waals surface area contributed by atoms with Gasteiger partial charge in [0.1, 0.15) is 0 Å². The van der Waals surface area contributed by atoms with Crippen LogP contribution in [-0.4, -0.2) is 12.4 Å². The summed E-state index contributed by atoms with van der Waals surface area (Å²) in [6.07, 6.45) is -8.24. The molecule has 0 fully saturated rings. The number of alkyl halides is 6. The molecule has 0 aliphatic heterocycles. The van der Waals surface area contributed by atoms with Gasteiger partial charge in [0.2, 0.25) is 0 Å². The second kappa shape index (κ2) is 3.47. The Kier molecular flexibility index (Phi) is 2.83. The summed E-state index contributed by atoms with van der Waals surface area (Å²) < 4.78 is 73.1. The van der Waals surface area contributed by atoms with E-state index in [0.29, 0.717) is 6.08 Å². The van der Waals surface area contributed by atoms with E-state index in [2.05, 4.69) is 0 Å². The van der Waals surface area contributed by atoms with Crippen molar-refractivity contribution in [2.45, 2.75) is 25.2 Å². The topological polar surface area (TPSA) is 0 Å². The van der Waals surface area contributed by atoms with E-state index in [1.54, 1.807) is 0 Å². The van der Waals surface area contributed by atoms with Gasteiger partial charge < -0.3 is 0 Å². The molecule has 0 radical (unpaired) electrons. The number of halogens is 6. The van der Waals surface area contributed by atoms with Crippen molar-refractivity contribution in [2.24, 2.45) is 11.8 Å². The molecular weight excluding hydrogens is 210 g/mol. The van der Waals surface area contributed by atoms with Gasteiger partial charge in [-0.1, -0.05) is 12.2 Å². The van der Waals surface area contributed by atoms with Crippen molar-refractivity contribution >= 4 is 0 Å². The van der Waals surface area contributed by atoms with E-state index >= 15 is 0 Å². The van der Waals surface area contributed by atoms with Crippen molar-refractivity contribution in [1.82, 2.24) is 0 Å². The standard InChI is InChI=1S/C8H8F6/c9-7(10,11)5-3-1-2-4-6(5)8(12,13)14/h1,3,5-6H,2,4H2. The SMILES string of the molecule is FC(F)(F)C1C=CCCC1C(F)(F)F. The van der Waals surface area contributed by atoms with Crippen LogP contribution in [0.25, 0.3) is 0 Å². The molecule has 14 heavy (non-hydrogen) atoms. The van der Waals surface area contributed by atoms with Crippen molar-refractivity contribution in [2.75, 3.05) is 0 Å². The van der Waals surface area contributed by atoms with Gasteiger partial charge in [0.15, 0.2) is 0 Å². The summed E-state index contributed by atoms with van der Waals surface area (Å²) in [5, 5.41) is 0. The summed E-state index contributed by atoms with van der Waals surface area (Å²) in [5.41, 5.74) is 0. The average molecular weight is 218 g/mol. The number of hydrogen-bond donors (Lipinski definition) is 0. The first-order chi connectivity index (χ1) is 6.23. The van der Waals surface area contributed by atoms with Crippen LogP contribution in [0.2, 0.25) is 0 Å². The van der Waals surface area contributed by atoms with Crippen LogP contribution in [0, 0.1) is 11.8 Å². The second-order valence-electron chi connectivity index (χ2n) is 3.22. The average Bonchev–Trinajstić information content (AvgIpc) is 2.01. The van der Waals surface area contributed by atoms with Gasteiger partial charge in [-0.2, -0.15) is 26.3 Å². The van der Waals surface area contributed by atoms with Crippen LogP contribution < -0.4 is 0 Å². The molecule has 0 saturated carbocycles. The Balaban J connectivity index is 2.90. The Labute approximate surface area is 76.6 Å². The molecule has 0 saturated heterocycles. The number of rotatable bonds is 0. The minimum Gasteiger partial charge on any atom is -0.171 e. The molecule has 6 heteroatoms. The molecule has 1 aliphatic carbocycles. The zero-order chi connectivity index (χ0) is 11.0. The molecule has 0 N–H and O–H groups in total. The molecule has 0 heterocycles. The van der Waals surface area contributed by atoms with E-state index < -0.39 is 30.6 Å². The van der Waals surface area contributed by atoms with Crippen LogP contribution >= 0.6 is 0 Å². The summed E-state index contributed by atoms with van der Waals surface area (Å²) in [4.78, 5) is 0. The molecule has 2 atom stereocenters. The van der Waals surface area contributed by atoms with E-state index in [1.807, 2.05) is 0 Å². The van der Waals surface area contributed by atoms with Crippen LogP contribution in [-0.2, 0) is 0 Å². The molecule has 0 amide bonds. The lowest BCUT2D eigenvalue weighted by Gasteiger charge is -2.30. The summed E-state index contributed by atoms with van der Waals surface area (Å²) in [6.45, 7) is 0. The van der Waals surface area contributed by atoms with Crippen molar-refractivity contribution in [3.8, 4) is 0 Å². The van der Waals surface area contributed by atoms with Crippen molar-refractivity contribution < 1.29 is 26.3 Å². The predicted octanol–water partition coefficient (Wildman–Crippen LogP) is 3.69. The lowest BCUT2D eigenvalue weighted by atomic mass is 9.83. The van der Waals surface area contributed by atoms with Gasteiger partial charge in [-0.15, -0.1) is 0 Å². The third-order valence-corrected chi connectivity index (χ3v) is 2.22. The molecular formula is C8H8F6. The van der Waals surface area contributed by atoms with E-state index in [4.69, 9.17) is 0 Å². The van der Waals surface area contributed by atoms with Crippen LogP contribution in [0.5, 0.6) is 0 Å². The normalized spacial score (nSPS) is 29.3. The van der Waals surface area contributed by atoms with Crippen LogP contribution in [0.3, 0.4) is 0 Å². The fourth-order valence-electron chi connectivity index (χ4n) is 1.54. The summed E-state index contributed by atoms with van der Waals surface area (Å²) >= 11 is 0. The molecule has 1 rings (SSSR count). The molecule has 0 aromatic rings. The summed E-state index contributed by atoms with van der Waals surface area (Å²) in [6, 6.07) is 0. The maximum Gasteiger partial charge on any atom is 0.395 e. The second-order valence-corrected chi connectivity index (χ2v) is 3.22. The Hall–Kier alpha value is -0.680. The largest absolute Gasteiger partial charge is 0.395 e. The van der Waals surface area contributed by atoms with Gasteiger partial charge in [0, 0.05) is 0 Å². The lowest BCUT2D eigenvalue weighted by molar-refractivity contribution is -0.245. The molecule has 0 spiro atoms. The molecule has 2 unspecified atom stereocenters. The minimum atomic E-state index is -4.81. The smallest absolute Gasteiger partial charge is 0.171 e. The Morgan fingerprint density at radius 3 is 1.86 bits per heavy atom. The zero-order valence-electron chi connectivity index (χ0n) is 6.99. The van der Waals surface area contributed by atoms with E-state index in [1.165, 1.54) is 0 Å². The first-order valence-electron chi connectivity index (χ1n) is 4.03. The highest BCUT2D eigenvalue weighted by atomic mass is 19.4. The molecule has 0 aromatic heterocycles. The van der Waals surface area contributed by atoms with Crippen molar-refractivity contribution in [1.29, 1.82) is 0 Å². The van der Waals surface area contributed by atoms with Gasteiger partial charge >= 0.3 is 12.4 Å². The number of hydrogen-bond acceptors (Lipinski definition) is 0. The summed E-state index contributed by atoms with van der Waals surface area (Å²) in [5.74, 6) is -4.66. The predicted molar refractivity (Wildman–Crippen MR) is 37.5 cm³/mol. The summed E-state index contributed by atoms with van der Waals surface area (Å²) in [7, 11) is 0. The molecule has 0 aromatic carbocycles. The monoisotopic (exact) mass is 218 g/mol. The highest BCUT2D eigenvalue weighted by Crippen LogP contribution is 2.45. The van der Waals surface area contributed by atoms with Gasteiger partial charge in [-0.25, -0.2) is 0 Å². The fraction of sp³-hybridized carbons (Fsp3) is 0.750. The van der Waals surface area contributed by atoms with Gasteiger partial charge in [0.05, 0.1) is 11.8 Å². The Morgan fingerprint density at radius 2 is 1.50 bits per heavy atom. The molecule has 1 aliphatic rings. The van der Waals surface area contributed by atoms with E-state index in [9.17, 15) is 26.3 Å². The lowest BCUT2D eigenvalue weighted by Crippen LogP contribution is -2.39. The van der Waals surface area contributed by atoms with Crippen molar-refractivity contribution in [3.63, 3.8) is 0 Å². The molecule has 0 bridgehead atoms. The van der Waals surface area contributed by atoms with Gasteiger partial charge in [0.25, 0.3) is 0 Å². The van der Waals surface area contributed by atoms with Crippen LogP contribution in [0.1, 0.15) is 12.8 Å². The van der Waals surface area contributed by atoms with E-state index in [0.717, 1.165) is 6.08 Å². The highest BCUT2D eigenvalue weighted by Gasteiger charge is 2.54. The third-order valence-electron chi connectivity index (χ3n) is 2.22. The molecule has 82 valence electrons. The fourth-order valence-corrected chi connectivity index (χ4v) is 1.54. The number of allylic oxidation sites excluding steroid dienone is 2. The van der Waals surface area contributed by atoms with Crippen LogP contribution in [0.4, 0.5) is 26.3 Å². The maximum atomic E-state index is 12.2. The Morgan fingerprint density at radius 1 is 0.929 bits per heavy atom. The Bertz CT molecular complexity index is 223. The van der Waals surface area contributed by atoms with Gasteiger partial charge in [-0.3, -0.25) is 0 Å². The molecule has 0 nitrogen and oxygen atoms in total. The first-order valence-corrected chi connectivity index (χ1v) is 4.03. The zero-order valence-corrected chi connectivity index (χ0v) is 6.99. The quantitative estimate of drug-likeness (QED) is 0.429. The van der Waals surface area contributed by atoms with E-state index in [-0.39, 0.29) is 6.42 Å².